The molecule has 2 aliphatic rings. The van der Waals surface area contributed by atoms with Crippen LogP contribution in [0.5, 0.6) is 0 Å². The number of hydrogen-bond donors (Lipinski definition) is 1. The standard InChI is InChI=1S/C12H19F3N2O/c1-11(16,8-2-3-8)10(18)17-6-4-9(5-7-17)12(13,14)15/h8-9H,2-7,16H2,1H3. The second-order valence-electron chi connectivity index (χ2n) is 5.67. The van der Waals surface area contributed by atoms with Crippen molar-refractivity contribution in [1.82, 2.24) is 4.90 Å². The van der Waals surface area contributed by atoms with Crippen LogP contribution in [0.15, 0.2) is 0 Å². The van der Waals surface area contributed by atoms with Gasteiger partial charge in [-0.25, -0.2) is 0 Å². The SMILES string of the molecule is CC(N)(C(=O)N1CCC(C(F)(F)F)CC1)C1CC1. The molecule has 2 N–H and O–H groups in total. The third kappa shape index (κ3) is 2.63. The monoisotopic (exact) mass is 264 g/mol. The first kappa shape index (κ1) is 13.6. The highest BCUT2D eigenvalue weighted by Gasteiger charge is 2.48. The quantitative estimate of drug-likeness (QED) is 0.828. The molecule has 1 heterocycles. The Balaban J connectivity index is 1.91. The Hall–Kier alpha value is -0.780. The first-order valence-electron chi connectivity index (χ1n) is 6.38. The topological polar surface area (TPSA) is 46.3 Å². The summed E-state index contributed by atoms with van der Waals surface area (Å²) >= 11 is 0. The molecule has 1 amide bonds. The zero-order chi connectivity index (χ0) is 13.6. The van der Waals surface area contributed by atoms with Crippen LogP contribution in [0.1, 0.15) is 32.6 Å². The molecule has 3 nitrogen and oxygen atoms in total. The van der Waals surface area contributed by atoms with Gasteiger partial charge >= 0.3 is 6.18 Å². The molecule has 2 rings (SSSR count). The van der Waals surface area contributed by atoms with Gasteiger partial charge < -0.3 is 10.6 Å². The van der Waals surface area contributed by atoms with Crippen LogP contribution in [-0.2, 0) is 4.79 Å². The van der Waals surface area contributed by atoms with Crippen molar-refractivity contribution in [3.8, 4) is 0 Å². The molecule has 0 aromatic carbocycles. The van der Waals surface area contributed by atoms with E-state index in [9.17, 15) is 18.0 Å². The van der Waals surface area contributed by atoms with Gasteiger partial charge in [-0.15, -0.1) is 0 Å². The lowest BCUT2D eigenvalue weighted by Crippen LogP contribution is -2.56. The Labute approximate surface area is 104 Å². The predicted molar refractivity (Wildman–Crippen MR) is 60.7 cm³/mol. The highest BCUT2D eigenvalue weighted by molar-refractivity contribution is 5.86. The summed E-state index contributed by atoms with van der Waals surface area (Å²) in [6, 6.07) is 0. The molecule has 0 radical (unpaired) electrons. The highest BCUT2D eigenvalue weighted by Crippen LogP contribution is 2.40. The molecule has 0 aromatic heterocycles. The van der Waals surface area contributed by atoms with Gasteiger partial charge in [-0.1, -0.05) is 0 Å². The number of hydrogen-bond acceptors (Lipinski definition) is 2. The summed E-state index contributed by atoms with van der Waals surface area (Å²) in [5, 5.41) is 0. The van der Waals surface area contributed by atoms with Gasteiger partial charge in [-0.3, -0.25) is 4.79 Å². The lowest BCUT2D eigenvalue weighted by atomic mass is 9.91. The van der Waals surface area contributed by atoms with Gasteiger partial charge in [-0.2, -0.15) is 13.2 Å². The molecule has 1 aliphatic heterocycles. The Kier molecular flexibility index (Phi) is 3.34. The summed E-state index contributed by atoms with van der Waals surface area (Å²) in [6.45, 7) is 2.04. The van der Waals surface area contributed by atoms with E-state index in [4.69, 9.17) is 5.73 Å². The van der Waals surface area contributed by atoms with Crippen LogP contribution in [0, 0.1) is 11.8 Å². The molecule has 1 saturated carbocycles. The summed E-state index contributed by atoms with van der Waals surface area (Å²) in [4.78, 5) is 13.7. The summed E-state index contributed by atoms with van der Waals surface area (Å²) in [5.74, 6) is -1.26. The predicted octanol–water partition coefficient (Wildman–Crippen LogP) is 1.91. The zero-order valence-corrected chi connectivity index (χ0v) is 10.5. The van der Waals surface area contributed by atoms with Crippen LogP contribution in [0.4, 0.5) is 13.2 Å². The van der Waals surface area contributed by atoms with Crippen LogP contribution >= 0.6 is 0 Å². The first-order chi connectivity index (χ1) is 8.23. The minimum Gasteiger partial charge on any atom is -0.341 e. The third-order valence-electron chi connectivity index (χ3n) is 4.13. The molecule has 1 aliphatic carbocycles. The fraction of sp³-hybridized carbons (Fsp3) is 0.917. The number of amides is 1. The van der Waals surface area contributed by atoms with Crippen molar-refractivity contribution in [1.29, 1.82) is 0 Å². The summed E-state index contributed by atoms with van der Waals surface area (Å²) in [6.07, 6.45) is -2.26. The van der Waals surface area contributed by atoms with E-state index in [1.54, 1.807) is 6.92 Å². The molecule has 6 heteroatoms. The maximum atomic E-state index is 12.5. The van der Waals surface area contributed by atoms with Crippen molar-refractivity contribution in [2.45, 2.75) is 44.3 Å². The van der Waals surface area contributed by atoms with E-state index >= 15 is 0 Å². The average molecular weight is 264 g/mol. The Bertz CT molecular complexity index is 329. The second kappa shape index (κ2) is 4.40. The first-order valence-corrected chi connectivity index (χ1v) is 6.38. The molecule has 1 saturated heterocycles. The second-order valence-corrected chi connectivity index (χ2v) is 5.67. The average Bonchev–Trinajstić information content (AvgIpc) is 3.11. The number of carbonyl (C=O) groups is 1. The fourth-order valence-corrected chi connectivity index (χ4v) is 2.61. The lowest BCUT2D eigenvalue weighted by Gasteiger charge is -2.37. The number of piperidine rings is 1. The molecule has 0 spiro atoms. The number of nitrogens with two attached hydrogens (primary N) is 1. The molecule has 104 valence electrons. The Morgan fingerprint density at radius 1 is 1.11 bits per heavy atom. The highest BCUT2D eigenvalue weighted by atomic mass is 19.4. The van der Waals surface area contributed by atoms with Crippen molar-refractivity contribution < 1.29 is 18.0 Å². The van der Waals surface area contributed by atoms with Gasteiger partial charge in [0.05, 0.1) is 11.5 Å². The number of rotatable bonds is 2. The molecule has 18 heavy (non-hydrogen) atoms. The maximum absolute atomic E-state index is 12.5. The van der Waals surface area contributed by atoms with E-state index in [1.165, 1.54) is 4.90 Å². The third-order valence-corrected chi connectivity index (χ3v) is 4.13. The minimum absolute atomic E-state index is 0.00398. The smallest absolute Gasteiger partial charge is 0.341 e. The van der Waals surface area contributed by atoms with Crippen molar-refractivity contribution in [2.75, 3.05) is 13.1 Å². The van der Waals surface area contributed by atoms with Crippen LogP contribution in [0.3, 0.4) is 0 Å². The van der Waals surface area contributed by atoms with Gasteiger partial charge in [0.15, 0.2) is 0 Å². The molecule has 0 aromatic rings. The lowest BCUT2D eigenvalue weighted by molar-refractivity contribution is -0.187. The summed E-state index contributed by atoms with van der Waals surface area (Å²) in [7, 11) is 0. The molecule has 0 bridgehead atoms. The van der Waals surface area contributed by atoms with Crippen LogP contribution in [0.25, 0.3) is 0 Å². The molecular weight excluding hydrogens is 245 g/mol. The van der Waals surface area contributed by atoms with E-state index in [0.717, 1.165) is 12.8 Å². The van der Waals surface area contributed by atoms with Gasteiger partial charge in [0, 0.05) is 13.1 Å². The number of likely N-dealkylation sites (tertiary alicyclic amines) is 1. The van der Waals surface area contributed by atoms with E-state index in [0.29, 0.717) is 0 Å². The van der Waals surface area contributed by atoms with Crippen molar-refractivity contribution in [3.05, 3.63) is 0 Å². The van der Waals surface area contributed by atoms with Crippen molar-refractivity contribution in [2.24, 2.45) is 17.6 Å². The van der Waals surface area contributed by atoms with Crippen molar-refractivity contribution >= 4 is 5.91 Å². The Morgan fingerprint density at radius 2 is 1.61 bits per heavy atom. The van der Waals surface area contributed by atoms with Crippen LogP contribution in [-0.4, -0.2) is 35.6 Å². The molecular formula is C12H19F3N2O. The number of nitrogens with zero attached hydrogens (tertiary/aromatic N) is 1. The van der Waals surface area contributed by atoms with E-state index in [1.807, 2.05) is 0 Å². The number of halogens is 3. The molecule has 2 fully saturated rings. The number of carbonyl (C=O) groups excluding carboxylic acids is 1. The summed E-state index contributed by atoms with van der Waals surface area (Å²) < 4.78 is 37.5. The van der Waals surface area contributed by atoms with E-state index < -0.39 is 17.6 Å². The minimum atomic E-state index is -4.14. The number of alkyl halides is 3. The van der Waals surface area contributed by atoms with Crippen LogP contribution in [0.2, 0.25) is 0 Å². The molecule has 1 unspecified atom stereocenters. The molecule has 1 atom stereocenters. The van der Waals surface area contributed by atoms with Crippen LogP contribution < -0.4 is 5.73 Å². The van der Waals surface area contributed by atoms with Crippen molar-refractivity contribution in [3.63, 3.8) is 0 Å². The van der Waals surface area contributed by atoms with Gasteiger partial charge in [0.25, 0.3) is 0 Å². The van der Waals surface area contributed by atoms with E-state index in [-0.39, 0.29) is 37.8 Å². The Morgan fingerprint density at radius 3 is 2.00 bits per heavy atom. The van der Waals surface area contributed by atoms with Gasteiger partial charge in [-0.05, 0) is 38.5 Å². The maximum Gasteiger partial charge on any atom is 0.391 e. The van der Waals surface area contributed by atoms with Gasteiger partial charge in [0.2, 0.25) is 5.91 Å². The van der Waals surface area contributed by atoms with E-state index in [2.05, 4.69) is 0 Å². The summed E-state index contributed by atoms with van der Waals surface area (Å²) in [5.41, 5.74) is 5.11. The normalized spacial score (nSPS) is 25.9. The zero-order valence-electron chi connectivity index (χ0n) is 10.5. The fourth-order valence-electron chi connectivity index (χ4n) is 2.61. The van der Waals surface area contributed by atoms with Gasteiger partial charge in [0.1, 0.15) is 0 Å². The largest absolute Gasteiger partial charge is 0.391 e.